The van der Waals surface area contributed by atoms with Gasteiger partial charge in [-0.15, -0.1) is 0 Å². The largest absolute Gasteiger partial charge is 0.357 e. The molecule has 0 aromatic rings. The molecule has 0 fully saturated rings. The van der Waals surface area contributed by atoms with Crippen molar-refractivity contribution in [1.29, 1.82) is 0 Å². The lowest BCUT2D eigenvalue weighted by Gasteiger charge is -2.12. The number of nitrogens with one attached hydrogen (secondary N) is 3. The molecule has 0 radical (unpaired) electrons. The van der Waals surface area contributed by atoms with E-state index in [1.54, 1.807) is 6.92 Å². The van der Waals surface area contributed by atoms with E-state index in [0.29, 0.717) is 19.0 Å². The first kappa shape index (κ1) is 19.2. The van der Waals surface area contributed by atoms with Gasteiger partial charge in [-0.1, -0.05) is 13.8 Å². The highest BCUT2D eigenvalue weighted by Gasteiger charge is 2.04. The van der Waals surface area contributed by atoms with Crippen LogP contribution in [0.25, 0.3) is 0 Å². The van der Waals surface area contributed by atoms with Crippen molar-refractivity contribution in [1.82, 2.24) is 15.4 Å². The summed E-state index contributed by atoms with van der Waals surface area (Å²) in [4.78, 5) is 4.46. The summed E-state index contributed by atoms with van der Waals surface area (Å²) in [5.74, 6) is 1.55. The van der Waals surface area contributed by atoms with Crippen molar-refractivity contribution in [2.45, 2.75) is 40.5 Å². The van der Waals surface area contributed by atoms with Crippen molar-refractivity contribution in [3.05, 3.63) is 0 Å². The second-order valence-electron chi connectivity index (χ2n) is 5.02. The molecular weight excluding hydrogens is 276 g/mol. The molecule has 7 heteroatoms. The van der Waals surface area contributed by atoms with Crippen molar-refractivity contribution in [2.75, 3.05) is 31.9 Å². The minimum Gasteiger partial charge on any atom is -0.357 e. The first-order valence-electron chi connectivity index (χ1n) is 7.40. The zero-order chi connectivity index (χ0) is 15.4. The number of nitrogens with zero attached hydrogens (tertiary/aromatic N) is 1. The van der Waals surface area contributed by atoms with Crippen molar-refractivity contribution >= 4 is 16.0 Å². The van der Waals surface area contributed by atoms with Crippen LogP contribution in [-0.2, 0) is 10.0 Å². The van der Waals surface area contributed by atoms with Crippen LogP contribution in [0.2, 0.25) is 0 Å². The van der Waals surface area contributed by atoms with Crippen molar-refractivity contribution in [2.24, 2.45) is 10.9 Å². The van der Waals surface area contributed by atoms with Crippen molar-refractivity contribution in [3.8, 4) is 0 Å². The van der Waals surface area contributed by atoms with Gasteiger partial charge in [-0.3, -0.25) is 4.99 Å². The molecule has 0 saturated carbocycles. The zero-order valence-electron chi connectivity index (χ0n) is 13.2. The summed E-state index contributed by atoms with van der Waals surface area (Å²) in [5, 5.41) is 6.26. The summed E-state index contributed by atoms with van der Waals surface area (Å²) in [6.45, 7) is 10.5. The highest BCUT2D eigenvalue weighted by Crippen LogP contribution is 2.02. The third kappa shape index (κ3) is 11.0. The molecule has 0 amide bonds. The minimum absolute atomic E-state index is 0.107. The van der Waals surface area contributed by atoms with Crippen LogP contribution in [0.3, 0.4) is 0 Å². The van der Waals surface area contributed by atoms with E-state index in [9.17, 15) is 8.42 Å². The second kappa shape index (κ2) is 10.9. The van der Waals surface area contributed by atoms with E-state index in [2.05, 4.69) is 34.2 Å². The van der Waals surface area contributed by atoms with Crippen molar-refractivity contribution < 1.29 is 8.42 Å². The SMILES string of the molecule is CCNC(=NCCCC(C)C)NCCNS(=O)(=O)CC. The fraction of sp³-hybridized carbons (Fsp3) is 0.923. The van der Waals surface area contributed by atoms with Crippen LogP contribution in [0.15, 0.2) is 4.99 Å². The summed E-state index contributed by atoms with van der Waals surface area (Å²) >= 11 is 0. The van der Waals surface area contributed by atoms with E-state index < -0.39 is 10.0 Å². The first-order valence-corrected chi connectivity index (χ1v) is 9.06. The fourth-order valence-electron chi connectivity index (χ4n) is 1.52. The molecule has 0 unspecified atom stereocenters. The molecule has 0 aromatic heterocycles. The Kier molecular flexibility index (Phi) is 10.5. The quantitative estimate of drug-likeness (QED) is 0.318. The van der Waals surface area contributed by atoms with Gasteiger partial charge in [0, 0.05) is 26.2 Å². The van der Waals surface area contributed by atoms with Crippen molar-refractivity contribution in [3.63, 3.8) is 0 Å². The van der Waals surface area contributed by atoms with Gasteiger partial charge in [0.2, 0.25) is 10.0 Å². The fourth-order valence-corrected chi connectivity index (χ4v) is 2.14. The van der Waals surface area contributed by atoms with Crippen LogP contribution >= 0.6 is 0 Å². The number of hydrogen-bond donors (Lipinski definition) is 3. The van der Waals surface area contributed by atoms with Gasteiger partial charge in [-0.2, -0.15) is 0 Å². The molecule has 20 heavy (non-hydrogen) atoms. The van der Waals surface area contributed by atoms with E-state index in [-0.39, 0.29) is 5.75 Å². The minimum atomic E-state index is -3.11. The molecule has 0 spiro atoms. The predicted octanol–water partition coefficient (Wildman–Crippen LogP) is 0.917. The summed E-state index contributed by atoms with van der Waals surface area (Å²) in [6, 6.07) is 0. The van der Waals surface area contributed by atoms with Gasteiger partial charge in [-0.25, -0.2) is 13.1 Å². The highest BCUT2D eigenvalue weighted by atomic mass is 32.2. The molecule has 120 valence electrons. The normalized spacial score (nSPS) is 12.8. The number of hydrogen-bond acceptors (Lipinski definition) is 3. The summed E-state index contributed by atoms with van der Waals surface area (Å²) in [5.41, 5.74) is 0. The van der Waals surface area contributed by atoms with Crippen LogP contribution in [0.1, 0.15) is 40.5 Å². The third-order valence-corrected chi connectivity index (χ3v) is 4.08. The highest BCUT2D eigenvalue weighted by molar-refractivity contribution is 7.89. The van der Waals surface area contributed by atoms with Crippen LogP contribution < -0.4 is 15.4 Å². The maximum atomic E-state index is 11.3. The summed E-state index contributed by atoms with van der Waals surface area (Å²) < 4.78 is 25.0. The number of rotatable bonds is 10. The van der Waals surface area contributed by atoms with Gasteiger partial charge in [0.1, 0.15) is 0 Å². The number of aliphatic imine (C=N–C) groups is 1. The monoisotopic (exact) mass is 306 g/mol. The van der Waals surface area contributed by atoms with E-state index in [4.69, 9.17) is 0 Å². The molecule has 0 heterocycles. The molecule has 3 N–H and O–H groups in total. The third-order valence-electron chi connectivity index (χ3n) is 2.67. The summed E-state index contributed by atoms with van der Waals surface area (Å²) in [6.07, 6.45) is 2.23. The van der Waals surface area contributed by atoms with Crippen LogP contribution in [0, 0.1) is 5.92 Å². The molecular formula is C13H30N4O2S. The maximum Gasteiger partial charge on any atom is 0.211 e. The van der Waals surface area contributed by atoms with Gasteiger partial charge >= 0.3 is 0 Å². The molecule has 0 bridgehead atoms. The topological polar surface area (TPSA) is 82.6 Å². The Bertz CT molecular complexity index is 367. The Morgan fingerprint density at radius 3 is 2.40 bits per heavy atom. The lowest BCUT2D eigenvalue weighted by molar-refractivity contribution is 0.560. The Labute approximate surface area is 123 Å². The Balaban J connectivity index is 3.98. The van der Waals surface area contributed by atoms with Gasteiger partial charge in [0.15, 0.2) is 5.96 Å². The maximum absolute atomic E-state index is 11.3. The van der Waals surface area contributed by atoms with E-state index >= 15 is 0 Å². The van der Waals surface area contributed by atoms with E-state index in [1.807, 2.05) is 6.92 Å². The average Bonchev–Trinajstić information content (AvgIpc) is 2.39. The molecule has 0 aliphatic heterocycles. The lowest BCUT2D eigenvalue weighted by Crippen LogP contribution is -2.41. The number of guanidine groups is 1. The molecule has 0 aliphatic carbocycles. The van der Waals surface area contributed by atoms with Gasteiger partial charge in [0.25, 0.3) is 0 Å². The first-order chi connectivity index (χ1) is 9.41. The smallest absolute Gasteiger partial charge is 0.211 e. The predicted molar refractivity (Wildman–Crippen MR) is 85.5 cm³/mol. The van der Waals surface area contributed by atoms with Gasteiger partial charge in [-0.05, 0) is 32.6 Å². The Hall–Kier alpha value is -0.820. The van der Waals surface area contributed by atoms with Crippen LogP contribution in [0.5, 0.6) is 0 Å². The molecule has 0 atom stereocenters. The molecule has 0 rings (SSSR count). The molecule has 6 nitrogen and oxygen atoms in total. The molecule has 0 saturated heterocycles. The van der Waals surface area contributed by atoms with Gasteiger partial charge in [0.05, 0.1) is 5.75 Å². The van der Waals surface area contributed by atoms with Crippen LogP contribution in [-0.4, -0.2) is 46.3 Å². The average molecular weight is 306 g/mol. The standard InChI is InChI=1S/C13H30N4O2S/c1-5-14-13(15-9-7-8-12(3)4)16-10-11-17-20(18,19)6-2/h12,17H,5-11H2,1-4H3,(H2,14,15,16). The van der Waals surface area contributed by atoms with Gasteiger partial charge < -0.3 is 10.6 Å². The summed E-state index contributed by atoms with van der Waals surface area (Å²) in [7, 11) is -3.11. The van der Waals surface area contributed by atoms with E-state index in [0.717, 1.165) is 25.5 Å². The lowest BCUT2D eigenvalue weighted by atomic mass is 10.1. The Morgan fingerprint density at radius 1 is 1.15 bits per heavy atom. The van der Waals surface area contributed by atoms with E-state index in [1.165, 1.54) is 6.42 Å². The second-order valence-corrected chi connectivity index (χ2v) is 7.12. The number of sulfonamides is 1. The molecule has 0 aromatic carbocycles. The zero-order valence-corrected chi connectivity index (χ0v) is 14.0. The Morgan fingerprint density at radius 2 is 1.85 bits per heavy atom. The molecule has 0 aliphatic rings. The van der Waals surface area contributed by atoms with Crippen LogP contribution in [0.4, 0.5) is 0 Å².